The maximum absolute atomic E-state index is 11.7. The fourth-order valence-electron chi connectivity index (χ4n) is 1.46. The molecule has 0 bridgehead atoms. The van der Waals surface area contributed by atoms with Crippen LogP contribution in [-0.2, 0) is 0 Å². The summed E-state index contributed by atoms with van der Waals surface area (Å²) in [5.41, 5.74) is 1.27. The molecule has 17 heavy (non-hydrogen) atoms. The number of thioether (sulfide) groups is 1. The van der Waals surface area contributed by atoms with Crippen LogP contribution in [0.2, 0.25) is 0 Å². The van der Waals surface area contributed by atoms with Gasteiger partial charge in [0.15, 0.2) is 5.78 Å². The van der Waals surface area contributed by atoms with Crippen molar-refractivity contribution in [3.05, 3.63) is 52.2 Å². The molecule has 1 aromatic carbocycles. The van der Waals surface area contributed by atoms with Crippen LogP contribution in [0.5, 0.6) is 0 Å². The van der Waals surface area contributed by atoms with Crippen LogP contribution in [0.3, 0.4) is 0 Å². The Balaban J connectivity index is 1.80. The topological polar surface area (TPSA) is 17.1 Å². The summed E-state index contributed by atoms with van der Waals surface area (Å²) in [6.45, 7) is 2.08. The predicted octanol–water partition coefficient (Wildman–Crippen LogP) is 4.42. The van der Waals surface area contributed by atoms with E-state index in [1.165, 1.54) is 21.8 Å². The smallest absolute Gasteiger partial charge is 0.173 e. The first-order valence-corrected chi connectivity index (χ1v) is 7.38. The molecule has 2 rings (SSSR count). The van der Waals surface area contributed by atoms with Gasteiger partial charge in [-0.3, -0.25) is 4.79 Å². The molecule has 88 valence electrons. The maximum Gasteiger partial charge on any atom is 0.173 e. The molecule has 0 aliphatic carbocycles. The number of carbonyl (C=O) groups is 1. The lowest BCUT2D eigenvalue weighted by atomic mass is 10.2. The largest absolute Gasteiger partial charge is 0.293 e. The first-order chi connectivity index (χ1) is 8.25. The first kappa shape index (κ1) is 12.4. The van der Waals surface area contributed by atoms with Crippen molar-refractivity contribution in [3.63, 3.8) is 0 Å². The molecule has 0 unspecified atom stereocenters. The standard InChI is InChI=1S/C14H14OS2/c1-11-4-6-12(7-5-11)16-10-8-13(15)14-3-2-9-17-14/h2-7,9H,8,10H2,1H3. The van der Waals surface area contributed by atoms with Crippen molar-refractivity contribution in [1.29, 1.82) is 0 Å². The summed E-state index contributed by atoms with van der Waals surface area (Å²) in [5.74, 6) is 1.10. The predicted molar refractivity (Wildman–Crippen MR) is 75.2 cm³/mol. The highest BCUT2D eigenvalue weighted by molar-refractivity contribution is 7.99. The van der Waals surface area contributed by atoms with Crippen LogP contribution in [0.25, 0.3) is 0 Å². The number of carbonyl (C=O) groups excluding carboxylic acids is 1. The average Bonchev–Trinajstić information content (AvgIpc) is 2.85. The molecule has 0 fully saturated rings. The van der Waals surface area contributed by atoms with Crippen LogP contribution in [-0.4, -0.2) is 11.5 Å². The van der Waals surface area contributed by atoms with Crippen molar-refractivity contribution in [2.24, 2.45) is 0 Å². The molecule has 3 heteroatoms. The van der Waals surface area contributed by atoms with Gasteiger partial charge in [-0.25, -0.2) is 0 Å². The molecule has 0 N–H and O–H groups in total. The van der Waals surface area contributed by atoms with Gasteiger partial charge in [0.05, 0.1) is 4.88 Å². The van der Waals surface area contributed by atoms with E-state index in [0.717, 1.165) is 10.6 Å². The monoisotopic (exact) mass is 262 g/mol. The van der Waals surface area contributed by atoms with Gasteiger partial charge in [0, 0.05) is 17.1 Å². The molecule has 0 atom stereocenters. The van der Waals surface area contributed by atoms with Gasteiger partial charge in [0.2, 0.25) is 0 Å². The summed E-state index contributed by atoms with van der Waals surface area (Å²) in [6.07, 6.45) is 0.610. The minimum Gasteiger partial charge on any atom is -0.293 e. The Hall–Kier alpha value is -1.06. The Morgan fingerprint density at radius 2 is 2.00 bits per heavy atom. The van der Waals surface area contributed by atoms with Crippen molar-refractivity contribution < 1.29 is 4.79 Å². The van der Waals surface area contributed by atoms with Crippen LogP contribution < -0.4 is 0 Å². The molecule has 0 amide bonds. The Kier molecular flexibility index (Phi) is 4.40. The van der Waals surface area contributed by atoms with Crippen molar-refractivity contribution in [3.8, 4) is 0 Å². The zero-order valence-corrected chi connectivity index (χ0v) is 11.3. The quantitative estimate of drug-likeness (QED) is 0.586. The molecule has 0 spiro atoms. The number of hydrogen-bond acceptors (Lipinski definition) is 3. The van der Waals surface area contributed by atoms with E-state index in [1.807, 2.05) is 17.5 Å². The van der Waals surface area contributed by atoms with E-state index in [0.29, 0.717) is 6.42 Å². The number of Topliss-reactive ketones (excluding diaryl/α,β-unsaturated/α-hetero) is 1. The second-order valence-electron chi connectivity index (χ2n) is 3.81. The summed E-state index contributed by atoms with van der Waals surface area (Å²) in [5, 5.41) is 1.94. The van der Waals surface area contributed by atoms with E-state index in [4.69, 9.17) is 0 Å². The molecule has 2 aromatic rings. The number of thiophene rings is 1. The Morgan fingerprint density at radius 1 is 1.24 bits per heavy atom. The Bertz CT molecular complexity index is 471. The van der Waals surface area contributed by atoms with Crippen molar-refractivity contribution >= 4 is 28.9 Å². The SMILES string of the molecule is Cc1ccc(SCCC(=O)c2cccs2)cc1. The highest BCUT2D eigenvalue weighted by atomic mass is 32.2. The number of ketones is 1. The van der Waals surface area contributed by atoms with Gasteiger partial charge in [-0.15, -0.1) is 23.1 Å². The third-order valence-electron chi connectivity index (χ3n) is 2.41. The lowest BCUT2D eigenvalue weighted by molar-refractivity contribution is 0.0993. The minimum absolute atomic E-state index is 0.250. The highest BCUT2D eigenvalue weighted by Gasteiger charge is 2.06. The molecule has 0 saturated heterocycles. The molecular weight excluding hydrogens is 248 g/mol. The van der Waals surface area contributed by atoms with Crippen LogP contribution in [0.1, 0.15) is 21.7 Å². The molecule has 1 aromatic heterocycles. The van der Waals surface area contributed by atoms with Gasteiger partial charge in [0.25, 0.3) is 0 Å². The van der Waals surface area contributed by atoms with E-state index in [1.54, 1.807) is 11.8 Å². The zero-order chi connectivity index (χ0) is 12.1. The fourth-order valence-corrected chi connectivity index (χ4v) is 3.00. The summed E-state index contributed by atoms with van der Waals surface area (Å²) in [6, 6.07) is 12.2. The van der Waals surface area contributed by atoms with E-state index >= 15 is 0 Å². The Morgan fingerprint density at radius 3 is 2.65 bits per heavy atom. The van der Waals surface area contributed by atoms with Gasteiger partial charge in [-0.2, -0.15) is 0 Å². The van der Waals surface area contributed by atoms with Gasteiger partial charge < -0.3 is 0 Å². The van der Waals surface area contributed by atoms with Crippen LogP contribution in [0, 0.1) is 6.92 Å². The summed E-state index contributed by atoms with van der Waals surface area (Å²) in [7, 11) is 0. The molecule has 0 radical (unpaired) electrons. The Labute approximate surface area is 110 Å². The van der Waals surface area contributed by atoms with Crippen LogP contribution in [0.15, 0.2) is 46.7 Å². The second-order valence-corrected chi connectivity index (χ2v) is 5.93. The van der Waals surface area contributed by atoms with Crippen molar-refractivity contribution in [2.75, 3.05) is 5.75 Å². The van der Waals surface area contributed by atoms with E-state index in [2.05, 4.69) is 31.2 Å². The molecule has 1 heterocycles. The molecule has 0 aliphatic heterocycles. The second kappa shape index (κ2) is 6.03. The lowest BCUT2D eigenvalue weighted by Gasteiger charge is -2.01. The van der Waals surface area contributed by atoms with Crippen molar-refractivity contribution in [2.45, 2.75) is 18.2 Å². The van der Waals surface area contributed by atoms with Gasteiger partial charge in [-0.1, -0.05) is 23.8 Å². The van der Waals surface area contributed by atoms with E-state index < -0.39 is 0 Å². The number of aryl methyl sites for hydroxylation is 1. The van der Waals surface area contributed by atoms with Crippen LogP contribution in [0.4, 0.5) is 0 Å². The van der Waals surface area contributed by atoms with Gasteiger partial charge >= 0.3 is 0 Å². The molecular formula is C14H14OS2. The molecule has 1 nitrogen and oxygen atoms in total. The van der Waals surface area contributed by atoms with Crippen molar-refractivity contribution in [1.82, 2.24) is 0 Å². The molecule has 0 saturated carbocycles. The number of hydrogen-bond donors (Lipinski definition) is 0. The zero-order valence-electron chi connectivity index (χ0n) is 9.68. The van der Waals surface area contributed by atoms with Gasteiger partial charge in [0.1, 0.15) is 0 Å². The maximum atomic E-state index is 11.7. The molecule has 0 aliphatic rings. The first-order valence-electron chi connectivity index (χ1n) is 5.52. The third-order valence-corrected chi connectivity index (χ3v) is 4.34. The van der Waals surface area contributed by atoms with Crippen LogP contribution >= 0.6 is 23.1 Å². The lowest BCUT2D eigenvalue weighted by Crippen LogP contribution is -1.97. The third kappa shape index (κ3) is 3.72. The summed E-state index contributed by atoms with van der Waals surface area (Å²) in [4.78, 5) is 13.8. The van der Waals surface area contributed by atoms with E-state index in [-0.39, 0.29) is 5.78 Å². The fraction of sp³-hybridized carbons (Fsp3) is 0.214. The normalized spacial score (nSPS) is 10.4. The average molecular weight is 262 g/mol. The van der Waals surface area contributed by atoms with E-state index in [9.17, 15) is 4.79 Å². The number of benzene rings is 1. The minimum atomic E-state index is 0.250. The number of rotatable bonds is 5. The summed E-state index contributed by atoms with van der Waals surface area (Å²) < 4.78 is 0. The summed E-state index contributed by atoms with van der Waals surface area (Å²) >= 11 is 3.26. The van der Waals surface area contributed by atoms with Gasteiger partial charge in [-0.05, 0) is 30.5 Å². The highest BCUT2D eigenvalue weighted by Crippen LogP contribution is 2.20.